The van der Waals surface area contributed by atoms with Gasteiger partial charge in [-0.3, -0.25) is 4.98 Å². The number of nitrogens with zero attached hydrogens (tertiary/aromatic N) is 1. The molecule has 0 radical (unpaired) electrons. The molecule has 0 bridgehead atoms. The van der Waals surface area contributed by atoms with Gasteiger partial charge in [0.25, 0.3) is 0 Å². The van der Waals surface area contributed by atoms with E-state index in [0.29, 0.717) is 0 Å². The van der Waals surface area contributed by atoms with E-state index in [9.17, 15) is 0 Å². The van der Waals surface area contributed by atoms with Crippen molar-refractivity contribution in [2.24, 2.45) is 5.92 Å². The van der Waals surface area contributed by atoms with Crippen LogP contribution in [0.5, 0.6) is 0 Å². The predicted octanol–water partition coefficient (Wildman–Crippen LogP) is 2.28. The first-order valence-corrected chi connectivity index (χ1v) is 5.53. The van der Waals surface area contributed by atoms with Crippen LogP contribution in [0.2, 0.25) is 5.02 Å². The van der Waals surface area contributed by atoms with Gasteiger partial charge in [-0.15, -0.1) is 0 Å². The Bertz CT molecular complexity index is 295. The Labute approximate surface area is 89.7 Å². The molecular weight excluding hydrogens is 196 g/mol. The van der Waals surface area contributed by atoms with Gasteiger partial charge in [0.05, 0.1) is 5.02 Å². The van der Waals surface area contributed by atoms with Gasteiger partial charge in [0.15, 0.2) is 0 Å². The van der Waals surface area contributed by atoms with Crippen LogP contribution >= 0.6 is 11.6 Å². The third-order valence-corrected chi connectivity index (χ3v) is 3.10. The van der Waals surface area contributed by atoms with E-state index in [1.54, 1.807) is 6.20 Å². The first-order valence-electron chi connectivity index (χ1n) is 5.15. The number of nitrogens with one attached hydrogen (secondary N) is 1. The molecule has 14 heavy (non-hydrogen) atoms. The predicted molar refractivity (Wildman–Crippen MR) is 58.5 cm³/mol. The summed E-state index contributed by atoms with van der Waals surface area (Å²) in [5, 5.41) is 4.22. The van der Waals surface area contributed by atoms with E-state index in [2.05, 4.69) is 10.3 Å². The lowest BCUT2D eigenvalue weighted by atomic mass is 9.93. The van der Waals surface area contributed by atoms with Gasteiger partial charge in [-0.1, -0.05) is 11.6 Å². The average Bonchev–Trinajstić information content (AvgIpc) is 2.23. The molecule has 1 aromatic rings. The molecule has 0 spiro atoms. The van der Waals surface area contributed by atoms with Crippen molar-refractivity contribution in [1.29, 1.82) is 0 Å². The summed E-state index contributed by atoms with van der Waals surface area (Å²) in [5.41, 5.74) is 1.23. The topological polar surface area (TPSA) is 24.9 Å². The molecule has 1 aliphatic heterocycles. The van der Waals surface area contributed by atoms with Crippen molar-refractivity contribution < 1.29 is 0 Å². The Balaban J connectivity index is 1.99. The molecule has 0 aliphatic carbocycles. The Hall–Kier alpha value is -0.600. The molecule has 1 fully saturated rings. The summed E-state index contributed by atoms with van der Waals surface area (Å²) in [4.78, 5) is 3.99. The largest absolute Gasteiger partial charge is 0.316 e. The second-order valence-electron chi connectivity index (χ2n) is 3.88. The van der Waals surface area contributed by atoms with Gasteiger partial charge in [0.1, 0.15) is 0 Å². The molecule has 0 unspecified atom stereocenters. The average molecular weight is 211 g/mol. The fraction of sp³-hybridized carbons (Fsp3) is 0.545. The van der Waals surface area contributed by atoms with E-state index < -0.39 is 0 Å². The SMILES string of the molecule is Clc1cnccc1C[C@@H]1CCCNC1. The molecule has 1 aliphatic rings. The Kier molecular flexibility index (Phi) is 3.38. The first kappa shape index (κ1) is 9.94. The molecule has 1 aromatic heterocycles. The standard InChI is InChI=1S/C11H15ClN2/c12-11-8-14-5-3-10(11)6-9-2-1-4-13-7-9/h3,5,8-9,13H,1-2,4,6-7H2/t9-/m0/s1. The van der Waals surface area contributed by atoms with Crippen molar-refractivity contribution in [2.75, 3.05) is 13.1 Å². The highest BCUT2D eigenvalue weighted by atomic mass is 35.5. The minimum atomic E-state index is 0.739. The maximum Gasteiger partial charge on any atom is 0.0621 e. The number of aromatic nitrogens is 1. The molecule has 0 amide bonds. The minimum absolute atomic E-state index is 0.739. The molecule has 3 heteroatoms. The van der Waals surface area contributed by atoms with E-state index in [1.807, 2.05) is 12.3 Å². The number of rotatable bonds is 2. The van der Waals surface area contributed by atoms with Crippen molar-refractivity contribution in [1.82, 2.24) is 10.3 Å². The molecule has 1 N–H and O–H groups in total. The zero-order valence-electron chi connectivity index (χ0n) is 8.17. The van der Waals surface area contributed by atoms with E-state index in [1.165, 1.54) is 24.9 Å². The van der Waals surface area contributed by atoms with Crippen LogP contribution in [0.4, 0.5) is 0 Å². The summed E-state index contributed by atoms with van der Waals surface area (Å²) < 4.78 is 0. The van der Waals surface area contributed by atoms with Crippen LogP contribution in [0.1, 0.15) is 18.4 Å². The van der Waals surface area contributed by atoms with Gasteiger partial charge < -0.3 is 5.32 Å². The van der Waals surface area contributed by atoms with Gasteiger partial charge in [-0.25, -0.2) is 0 Å². The zero-order valence-corrected chi connectivity index (χ0v) is 8.93. The Morgan fingerprint density at radius 1 is 1.57 bits per heavy atom. The third kappa shape index (κ3) is 2.46. The maximum atomic E-state index is 6.06. The highest BCUT2D eigenvalue weighted by Gasteiger charge is 2.14. The van der Waals surface area contributed by atoms with Crippen molar-refractivity contribution in [3.8, 4) is 0 Å². The fourth-order valence-corrected chi connectivity index (χ4v) is 2.18. The second-order valence-corrected chi connectivity index (χ2v) is 4.29. The third-order valence-electron chi connectivity index (χ3n) is 2.76. The maximum absolute atomic E-state index is 6.06. The minimum Gasteiger partial charge on any atom is -0.316 e. The molecular formula is C11H15ClN2. The second kappa shape index (κ2) is 4.76. The van der Waals surface area contributed by atoms with Crippen LogP contribution < -0.4 is 5.32 Å². The monoisotopic (exact) mass is 210 g/mol. The summed E-state index contributed by atoms with van der Waals surface area (Å²) in [6, 6.07) is 2.02. The van der Waals surface area contributed by atoms with E-state index in [4.69, 9.17) is 11.6 Å². The van der Waals surface area contributed by atoms with E-state index in [-0.39, 0.29) is 0 Å². The van der Waals surface area contributed by atoms with E-state index in [0.717, 1.165) is 23.9 Å². The molecule has 0 aromatic carbocycles. The molecule has 76 valence electrons. The lowest BCUT2D eigenvalue weighted by Crippen LogP contribution is -2.30. The number of hydrogen-bond donors (Lipinski definition) is 1. The van der Waals surface area contributed by atoms with Crippen molar-refractivity contribution in [3.05, 3.63) is 29.0 Å². The van der Waals surface area contributed by atoms with Crippen molar-refractivity contribution >= 4 is 11.6 Å². The normalized spacial score (nSPS) is 22.2. The lowest BCUT2D eigenvalue weighted by molar-refractivity contribution is 0.376. The molecule has 0 saturated carbocycles. The quantitative estimate of drug-likeness (QED) is 0.810. The van der Waals surface area contributed by atoms with Gasteiger partial charge in [-0.05, 0) is 49.9 Å². The molecule has 2 heterocycles. The van der Waals surface area contributed by atoms with Crippen LogP contribution in [0.3, 0.4) is 0 Å². The Morgan fingerprint density at radius 2 is 2.50 bits per heavy atom. The molecule has 1 atom stereocenters. The van der Waals surface area contributed by atoms with Crippen LogP contribution in [0, 0.1) is 5.92 Å². The molecule has 2 rings (SSSR count). The lowest BCUT2D eigenvalue weighted by Gasteiger charge is -2.22. The Morgan fingerprint density at radius 3 is 3.21 bits per heavy atom. The fourth-order valence-electron chi connectivity index (χ4n) is 1.98. The highest BCUT2D eigenvalue weighted by Crippen LogP contribution is 2.21. The van der Waals surface area contributed by atoms with Crippen molar-refractivity contribution in [2.45, 2.75) is 19.3 Å². The first-order chi connectivity index (χ1) is 6.86. The summed E-state index contributed by atoms with van der Waals surface area (Å²) in [6.45, 7) is 2.29. The van der Waals surface area contributed by atoms with Gasteiger partial charge in [0.2, 0.25) is 0 Å². The van der Waals surface area contributed by atoms with Crippen LogP contribution in [-0.4, -0.2) is 18.1 Å². The number of pyridine rings is 1. The number of piperidine rings is 1. The van der Waals surface area contributed by atoms with Gasteiger partial charge in [0, 0.05) is 12.4 Å². The summed E-state index contributed by atoms with van der Waals surface area (Å²) >= 11 is 6.06. The number of hydrogen-bond acceptors (Lipinski definition) is 2. The van der Waals surface area contributed by atoms with Crippen molar-refractivity contribution in [3.63, 3.8) is 0 Å². The highest BCUT2D eigenvalue weighted by molar-refractivity contribution is 6.31. The molecule has 1 saturated heterocycles. The van der Waals surface area contributed by atoms with Gasteiger partial charge >= 0.3 is 0 Å². The summed E-state index contributed by atoms with van der Waals surface area (Å²) in [6.07, 6.45) is 7.22. The molecule has 2 nitrogen and oxygen atoms in total. The smallest absolute Gasteiger partial charge is 0.0621 e. The van der Waals surface area contributed by atoms with Crippen LogP contribution in [0.25, 0.3) is 0 Å². The summed E-state index contributed by atoms with van der Waals surface area (Å²) in [5.74, 6) is 0.739. The van der Waals surface area contributed by atoms with Crippen LogP contribution in [-0.2, 0) is 6.42 Å². The van der Waals surface area contributed by atoms with Crippen LogP contribution in [0.15, 0.2) is 18.5 Å². The zero-order chi connectivity index (χ0) is 9.80. The van der Waals surface area contributed by atoms with E-state index >= 15 is 0 Å². The summed E-state index contributed by atoms with van der Waals surface area (Å²) in [7, 11) is 0. The number of halogens is 1. The van der Waals surface area contributed by atoms with Gasteiger partial charge in [-0.2, -0.15) is 0 Å².